The van der Waals surface area contributed by atoms with Gasteiger partial charge in [0.15, 0.2) is 0 Å². The molecule has 0 bridgehead atoms. The summed E-state index contributed by atoms with van der Waals surface area (Å²) in [6.45, 7) is 0. The summed E-state index contributed by atoms with van der Waals surface area (Å²) in [5.74, 6) is -1.66. The fourth-order valence-electron chi connectivity index (χ4n) is 1.26. The molecule has 1 amide bonds. The lowest BCUT2D eigenvalue weighted by molar-refractivity contribution is -0.0777. The van der Waals surface area contributed by atoms with Crippen LogP contribution in [0.2, 0.25) is 0 Å². The number of nitrogens with one attached hydrogen (secondary N) is 1. The molecule has 1 aromatic carbocycles. The molecule has 2 N–H and O–H groups in total. The first-order valence-electron chi connectivity index (χ1n) is 4.96. The van der Waals surface area contributed by atoms with E-state index in [0.29, 0.717) is 5.69 Å². The summed E-state index contributed by atoms with van der Waals surface area (Å²) in [4.78, 5) is 11.5. The van der Waals surface area contributed by atoms with Gasteiger partial charge in [-0.1, -0.05) is 18.2 Å². The van der Waals surface area contributed by atoms with Crippen molar-refractivity contribution in [2.24, 2.45) is 0 Å². The summed E-state index contributed by atoms with van der Waals surface area (Å²) < 4.78 is 4.90. The van der Waals surface area contributed by atoms with Crippen LogP contribution in [0.4, 0.5) is 10.5 Å². The van der Waals surface area contributed by atoms with E-state index in [9.17, 15) is 9.90 Å². The summed E-state index contributed by atoms with van der Waals surface area (Å²) in [5, 5.41) is 15.7. The van der Waals surface area contributed by atoms with Crippen LogP contribution >= 0.6 is 11.8 Å². The highest BCUT2D eigenvalue weighted by Crippen LogP contribution is 2.22. The van der Waals surface area contributed by atoms with Crippen LogP contribution < -0.4 is 5.32 Å². The number of rotatable bonds is 2. The van der Waals surface area contributed by atoms with E-state index in [0.717, 1.165) is 0 Å². The lowest BCUT2D eigenvalue weighted by atomic mass is 10.3. The van der Waals surface area contributed by atoms with E-state index in [1.807, 2.05) is 6.07 Å². The van der Waals surface area contributed by atoms with Crippen LogP contribution in [0, 0.1) is 0 Å². The molecule has 1 aliphatic heterocycles. The topological polar surface area (TPSA) is 58.6 Å². The van der Waals surface area contributed by atoms with Crippen molar-refractivity contribution in [3.63, 3.8) is 0 Å². The molecule has 0 saturated carbocycles. The number of ether oxygens (including phenoxy) is 1. The Labute approximate surface area is 103 Å². The van der Waals surface area contributed by atoms with E-state index in [1.54, 1.807) is 35.1 Å². The van der Waals surface area contributed by atoms with E-state index in [4.69, 9.17) is 4.74 Å². The SMILES string of the molecule is O=C(Nc1ccccc1)OC1(O)C=CSC=C1. The van der Waals surface area contributed by atoms with Crippen LogP contribution in [-0.4, -0.2) is 17.0 Å². The normalized spacial score (nSPS) is 16.5. The van der Waals surface area contributed by atoms with Gasteiger partial charge in [0.05, 0.1) is 0 Å². The molecule has 0 aromatic heterocycles. The number of para-hydroxylation sites is 1. The standard InChI is InChI=1S/C12H11NO3S/c14-11(13-10-4-2-1-3-5-10)16-12(15)6-8-17-9-7-12/h1-9,15H,(H,13,14). The van der Waals surface area contributed by atoms with Crippen molar-refractivity contribution in [2.45, 2.75) is 5.79 Å². The van der Waals surface area contributed by atoms with Gasteiger partial charge >= 0.3 is 6.09 Å². The molecule has 0 saturated heterocycles. The summed E-state index contributed by atoms with van der Waals surface area (Å²) in [6, 6.07) is 8.89. The van der Waals surface area contributed by atoms with Gasteiger partial charge < -0.3 is 9.84 Å². The predicted octanol–water partition coefficient (Wildman–Crippen LogP) is 2.70. The van der Waals surface area contributed by atoms with Gasteiger partial charge in [0, 0.05) is 5.69 Å². The second-order valence-electron chi connectivity index (χ2n) is 3.37. The average Bonchev–Trinajstić information content (AvgIpc) is 2.30. The Hall–Kier alpha value is -1.72. The summed E-state index contributed by atoms with van der Waals surface area (Å²) in [6.07, 6.45) is 2.10. The number of hydrogen-bond acceptors (Lipinski definition) is 4. The number of carbonyl (C=O) groups is 1. The summed E-state index contributed by atoms with van der Waals surface area (Å²) >= 11 is 1.40. The molecule has 2 rings (SSSR count). The Kier molecular flexibility index (Phi) is 3.51. The quantitative estimate of drug-likeness (QED) is 0.791. The maximum Gasteiger partial charge on any atom is 0.414 e. The highest BCUT2D eigenvalue weighted by atomic mass is 32.2. The van der Waals surface area contributed by atoms with Crippen LogP contribution in [0.1, 0.15) is 0 Å². The Morgan fingerprint density at radius 3 is 2.53 bits per heavy atom. The minimum absolute atomic E-state index is 0.610. The minimum Gasteiger partial charge on any atom is -0.409 e. The van der Waals surface area contributed by atoms with Crippen molar-refractivity contribution in [2.75, 3.05) is 5.32 Å². The smallest absolute Gasteiger partial charge is 0.409 e. The number of carbonyl (C=O) groups excluding carboxylic acids is 1. The van der Waals surface area contributed by atoms with Crippen LogP contribution in [0.15, 0.2) is 53.3 Å². The zero-order valence-corrected chi connectivity index (χ0v) is 9.68. The molecule has 1 aliphatic rings. The number of amides is 1. The third-order valence-corrected chi connectivity index (χ3v) is 2.63. The van der Waals surface area contributed by atoms with Crippen LogP contribution in [-0.2, 0) is 4.74 Å². The zero-order chi connectivity index (χ0) is 12.1. The molecule has 17 heavy (non-hydrogen) atoms. The van der Waals surface area contributed by atoms with E-state index >= 15 is 0 Å². The van der Waals surface area contributed by atoms with Gasteiger partial charge in [-0.3, -0.25) is 5.32 Å². The third kappa shape index (κ3) is 3.37. The monoisotopic (exact) mass is 249 g/mol. The lowest BCUT2D eigenvalue weighted by Crippen LogP contribution is -2.33. The summed E-state index contributed by atoms with van der Waals surface area (Å²) in [5.41, 5.74) is 0.610. The number of benzene rings is 1. The minimum atomic E-state index is -1.66. The molecule has 1 aromatic rings. The molecule has 88 valence electrons. The first-order chi connectivity index (χ1) is 8.18. The zero-order valence-electron chi connectivity index (χ0n) is 8.87. The molecule has 0 aliphatic carbocycles. The second kappa shape index (κ2) is 5.07. The van der Waals surface area contributed by atoms with Crippen LogP contribution in [0.3, 0.4) is 0 Å². The number of thioether (sulfide) groups is 1. The Morgan fingerprint density at radius 2 is 1.88 bits per heavy atom. The average molecular weight is 249 g/mol. The number of hydrogen-bond donors (Lipinski definition) is 2. The van der Waals surface area contributed by atoms with Crippen molar-refractivity contribution in [1.29, 1.82) is 0 Å². The van der Waals surface area contributed by atoms with Gasteiger partial charge in [-0.2, -0.15) is 0 Å². The van der Waals surface area contributed by atoms with E-state index < -0.39 is 11.9 Å². The van der Waals surface area contributed by atoms with Crippen LogP contribution in [0.5, 0.6) is 0 Å². The van der Waals surface area contributed by atoms with Crippen molar-refractivity contribution in [1.82, 2.24) is 0 Å². The molecule has 0 radical (unpaired) electrons. The van der Waals surface area contributed by atoms with Crippen molar-refractivity contribution >= 4 is 23.5 Å². The molecule has 5 heteroatoms. The number of aliphatic hydroxyl groups is 1. The largest absolute Gasteiger partial charge is 0.414 e. The van der Waals surface area contributed by atoms with Gasteiger partial charge in [-0.25, -0.2) is 4.79 Å². The first-order valence-corrected chi connectivity index (χ1v) is 5.90. The van der Waals surface area contributed by atoms with Gasteiger partial charge in [0.25, 0.3) is 5.79 Å². The van der Waals surface area contributed by atoms with Crippen molar-refractivity contribution in [3.8, 4) is 0 Å². The fourth-order valence-corrected chi connectivity index (χ4v) is 1.89. The maximum absolute atomic E-state index is 11.5. The molecule has 0 fully saturated rings. The summed E-state index contributed by atoms with van der Waals surface area (Å²) in [7, 11) is 0. The molecule has 0 unspecified atom stereocenters. The predicted molar refractivity (Wildman–Crippen MR) is 67.4 cm³/mol. The van der Waals surface area contributed by atoms with Gasteiger partial charge in [-0.15, -0.1) is 11.8 Å². The van der Waals surface area contributed by atoms with E-state index in [-0.39, 0.29) is 0 Å². The Bertz CT molecular complexity index is 444. The maximum atomic E-state index is 11.5. The Morgan fingerprint density at radius 1 is 1.24 bits per heavy atom. The fraction of sp³-hybridized carbons (Fsp3) is 0.0833. The molecule has 0 spiro atoms. The first kappa shape index (κ1) is 11.8. The number of anilines is 1. The van der Waals surface area contributed by atoms with Crippen LogP contribution in [0.25, 0.3) is 0 Å². The molecule has 0 atom stereocenters. The highest BCUT2D eigenvalue weighted by Gasteiger charge is 2.26. The highest BCUT2D eigenvalue weighted by molar-refractivity contribution is 8.04. The Balaban J connectivity index is 1.96. The van der Waals surface area contributed by atoms with E-state index in [2.05, 4.69) is 5.32 Å². The lowest BCUT2D eigenvalue weighted by Gasteiger charge is -2.22. The second-order valence-corrected chi connectivity index (χ2v) is 4.19. The van der Waals surface area contributed by atoms with E-state index in [1.165, 1.54) is 23.9 Å². The molecular weight excluding hydrogens is 238 g/mol. The molecule has 1 heterocycles. The van der Waals surface area contributed by atoms with Gasteiger partial charge in [0.1, 0.15) is 0 Å². The molecule has 4 nitrogen and oxygen atoms in total. The third-order valence-electron chi connectivity index (χ3n) is 2.05. The molecular formula is C12H11NO3S. The van der Waals surface area contributed by atoms with Crippen molar-refractivity contribution in [3.05, 3.63) is 53.3 Å². The van der Waals surface area contributed by atoms with Gasteiger partial charge in [-0.05, 0) is 35.1 Å². The van der Waals surface area contributed by atoms with Gasteiger partial charge in [0.2, 0.25) is 0 Å². The van der Waals surface area contributed by atoms with Crippen molar-refractivity contribution < 1.29 is 14.6 Å².